The Labute approximate surface area is 101 Å². The van der Waals surface area contributed by atoms with Crippen molar-refractivity contribution in [2.45, 2.75) is 12.1 Å². The Morgan fingerprint density at radius 1 is 1.29 bits per heavy atom. The zero-order valence-electron chi connectivity index (χ0n) is 10.0. The van der Waals surface area contributed by atoms with Crippen molar-refractivity contribution in [2.24, 2.45) is 0 Å². The van der Waals surface area contributed by atoms with Crippen molar-refractivity contribution >= 4 is 6.09 Å². The van der Waals surface area contributed by atoms with E-state index in [-0.39, 0.29) is 12.2 Å². The molecule has 1 atom stereocenters. The van der Waals surface area contributed by atoms with Crippen LogP contribution in [0.15, 0.2) is 0 Å². The molecule has 3 saturated heterocycles. The lowest BCUT2D eigenvalue weighted by Gasteiger charge is -2.47. The molecule has 1 amide bonds. The number of nitrogens with one attached hydrogen (secondary N) is 2. The summed E-state index contributed by atoms with van der Waals surface area (Å²) >= 11 is 0. The van der Waals surface area contributed by atoms with E-state index in [2.05, 4.69) is 20.4 Å². The Kier molecular flexibility index (Phi) is 3.17. The minimum atomic E-state index is -0.269. The largest absolute Gasteiger partial charge is 0.443 e. The number of carbonyl (C=O) groups is 1. The van der Waals surface area contributed by atoms with Crippen LogP contribution in [-0.2, 0) is 4.74 Å². The number of nitrogens with zero attached hydrogens (tertiary/aromatic N) is 2. The van der Waals surface area contributed by atoms with E-state index in [0.29, 0.717) is 12.6 Å². The van der Waals surface area contributed by atoms with Gasteiger partial charge in [-0.05, 0) is 0 Å². The molecule has 3 aliphatic rings. The van der Waals surface area contributed by atoms with Crippen molar-refractivity contribution in [2.75, 3.05) is 52.4 Å². The molecule has 2 N–H and O–H groups in total. The van der Waals surface area contributed by atoms with Gasteiger partial charge in [0.25, 0.3) is 0 Å². The number of likely N-dealkylation sites (tertiary alicyclic amines) is 1. The number of piperazine rings is 1. The quantitative estimate of drug-likeness (QED) is 0.641. The van der Waals surface area contributed by atoms with Gasteiger partial charge in [-0.25, -0.2) is 4.79 Å². The van der Waals surface area contributed by atoms with Gasteiger partial charge in [-0.2, -0.15) is 0 Å². The van der Waals surface area contributed by atoms with Crippen molar-refractivity contribution in [3.05, 3.63) is 0 Å². The van der Waals surface area contributed by atoms with Crippen molar-refractivity contribution < 1.29 is 9.53 Å². The summed E-state index contributed by atoms with van der Waals surface area (Å²) in [5.74, 6) is 0. The lowest BCUT2D eigenvalue weighted by Crippen LogP contribution is -2.63. The fraction of sp³-hybridized carbons (Fsp3) is 0.909. The summed E-state index contributed by atoms with van der Waals surface area (Å²) in [6.45, 7) is 8.33. The third-order valence-electron chi connectivity index (χ3n) is 3.82. The van der Waals surface area contributed by atoms with Gasteiger partial charge in [-0.1, -0.05) is 0 Å². The Hall–Kier alpha value is -0.850. The number of amides is 1. The van der Waals surface area contributed by atoms with Gasteiger partial charge in [0.1, 0.15) is 6.10 Å². The van der Waals surface area contributed by atoms with Gasteiger partial charge in [-0.15, -0.1) is 0 Å². The maximum atomic E-state index is 10.9. The van der Waals surface area contributed by atoms with Gasteiger partial charge in [0.2, 0.25) is 0 Å². The van der Waals surface area contributed by atoms with Crippen LogP contribution < -0.4 is 10.6 Å². The van der Waals surface area contributed by atoms with E-state index >= 15 is 0 Å². The molecule has 0 aliphatic carbocycles. The van der Waals surface area contributed by atoms with Gasteiger partial charge in [0.05, 0.1) is 6.54 Å². The van der Waals surface area contributed by atoms with Crippen molar-refractivity contribution in [1.82, 2.24) is 20.4 Å². The summed E-state index contributed by atoms with van der Waals surface area (Å²) in [5, 5.41) is 6.06. The van der Waals surface area contributed by atoms with Crippen LogP contribution in [0.2, 0.25) is 0 Å². The fourth-order valence-electron chi connectivity index (χ4n) is 2.79. The first-order chi connectivity index (χ1) is 8.31. The third-order valence-corrected chi connectivity index (χ3v) is 3.82. The number of hydrogen-bond donors (Lipinski definition) is 2. The van der Waals surface area contributed by atoms with E-state index in [1.165, 1.54) is 13.1 Å². The highest BCUT2D eigenvalue weighted by atomic mass is 16.6. The summed E-state index contributed by atoms with van der Waals surface area (Å²) in [4.78, 5) is 15.8. The first-order valence-corrected chi connectivity index (χ1v) is 6.43. The monoisotopic (exact) mass is 240 g/mol. The van der Waals surface area contributed by atoms with Gasteiger partial charge >= 0.3 is 6.09 Å². The second-order valence-electron chi connectivity index (χ2n) is 5.07. The maximum absolute atomic E-state index is 10.9. The molecule has 0 radical (unpaired) electrons. The van der Waals surface area contributed by atoms with Crippen LogP contribution in [0.4, 0.5) is 4.79 Å². The Morgan fingerprint density at radius 2 is 2.06 bits per heavy atom. The van der Waals surface area contributed by atoms with Crippen molar-refractivity contribution in [3.8, 4) is 0 Å². The predicted octanol–water partition coefficient (Wildman–Crippen LogP) is -1.32. The smallest absolute Gasteiger partial charge is 0.407 e. The second kappa shape index (κ2) is 4.80. The average molecular weight is 240 g/mol. The Bertz CT molecular complexity index is 287. The number of alkyl carbamates (subject to hydrolysis) is 1. The van der Waals surface area contributed by atoms with E-state index in [9.17, 15) is 4.79 Å². The minimum Gasteiger partial charge on any atom is -0.443 e. The summed E-state index contributed by atoms with van der Waals surface area (Å²) in [7, 11) is 0. The SMILES string of the molecule is O=C1NCC(CN2CC(N3CCNCC3)C2)O1. The number of cyclic esters (lactones) is 1. The molecule has 3 heterocycles. The van der Waals surface area contributed by atoms with Gasteiger partial charge in [0.15, 0.2) is 0 Å². The van der Waals surface area contributed by atoms with Crippen LogP contribution in [0, 0.1) is 0 Å². The number of carbonyl (C=O) groups excluding carboxylic acids is 1. The zero-order chi connectivity index (χ0) is 11.7. The van der Waals surface area contributed by atoms with Crippen LogP contribution in [-0.4, -0.2) is 80.4 Å². The summed E-state index contributed by atoms with van der Waals surface area (Å²) in [5.41, 5.74) is 0. The molecule has 1 unspecified atom stereocenters. The third kappa shape index (κ3) is 2.53. The molecule has 96 valence electrons. The first kappa shape index (κ1) is 11.3. The van der Waals surface area contributed by atoms with Crippen LogP contribution in [0.3, 0.4) is 0 Å². The minimum absolute atomic E-state index is 0.0477. The number of rotatable bonds is 3. The second-order valence-corrected chi connectivity index (χ2v) is 5.07. The van der Waals surface area contributed by atoms with Gasteiger partial charge in [0, 0.05) is 51.9 Å². The normalized spacial score (nSPS) is 32.0. The molecule has 6 heteroatoms. The molecule has 0 aromatic heterocycles. The number of ether oxygens (including phenoxy) is 1. The van der Waals surface area contributed by atoms with Gasteiger partial charge < -0.3 is 15.4 Å². The van der Waals surface area contributed by atoms with Crippen LogP contribution in [0.5, 0.6) is 0 Å². The molecule has 3 aliphatic heterocycles. The van der Waals surface area contributed by atoms with E-state index in [0.717, 1.165) is 32.7 Å². The summed E-state index contributed by atoms with van der Waals surface area (Å²) < 4.78 is 5.13. The highest BCUT2D eigenvalue weighted by Crippen LogP contribution is 2.17. The molecule has 17 heavy (non-hydrogen) atoms. The highest BCUT2D eigenvalue weighted by Gasteiger charge is 2.35. The maximum Gasteiger partial charge on any atom is 0.407 e. The Balaban J connectivity index is 1.38. The van der Waals surface area contributed by atoms with Crippen LogP contribution >= 0.6 is 0 Å². The predicted molar refractivity (Wildman–Crippen MR) is 62.9 cm³/mol. The molecule has 0 aromatic carbocycles. The van der Waals surface area contributed by atoms with E-state index in [4.69, 9.17) is 4.74 Å². The van der Waals surface area contributed by atoms with Crippen LogP contribution in [0.1, 0.15) is 0 Å². The molecule has 3 fully saturated rings. The first-order valence-electron chi connectivity index (χ1n) is 6.43. The Morgan fingerprint density at radius 3 is 2.71 bits per heavy atom. The lowest BCUT2D eigenvalue weighted by molar-refractivity contribution is 0.00444. The molecule has 3 rings (SSSR count). The van der Waals surface area contributed by atoms with Gasteiger partial charge in [-0.3, -0.25) is 9.80 Å². The molecule has 0 spiro atoms. The van der Waals surface area contributed by atoms with Crippen molar-refractivity contribution in [1.29, 1.82) is 0 Å². The highest BCUT2D eigenvalue weighted by molar-refractivity contribution is 5.69. The molecule has 0 saturated carbocycles. The van der Waals surface area contributed by atoms with Crippen LogP contribution in [0.25, 0.3) is 0 Å². The van der Waals surface area contributed by atoms with Crippen molar-refractivity contribution in [3.63, 3.8) is 0 Å². The molecular formula is C11H20N4O2. The summed E-state index contributed by atoms with van der Waals surface area (Å²) in [6.07, 6.45) is -0.222. The molecule has 6 nitrogen and oxygen atoms in total. The average Bonchev–Trinajstić information content (AvgIpc) is 2.70. The molecule has 0 aromatic rings. The molecular weight excluding hydrogens is 220 g/mol. The van der Waals surface area contributed by atoms with E-state index in [1.54, 1.807) is 0 Å². The van der Waals surface area contributed by atoms with E-state index in [1.807, 2.05) is 0 Å². The standard InChI is InChI=1S/C11H20N4O2/c16-11-13-5-10(17-11)8-14-6-9(7-14)15-3-1-12-2-4-15/h9-10,12H,1-8H2,(H,13,16). The topological polar surface area (TPSA) is 56.8 Å². The molecule has 0 bridgehead atoms. The summed E-state index contributed by atoms with van der Waals surface area (Å²) in [6, 6.07) is 0.710. The zero-order valence-corrected chi connectivity index (χ0v) is 10.0. The number of hydrogen-bond acceptors (Lipinski definition) is 5. The lowest BCUT2D eigenvalue weighted by atomic mass is 10.1. The van der Waals surface area contributed by atoms with E-state index < -0.39 is 0 Å². The fourth-order valence-corrected chi connectivity index (χ4v) is 2.79.